The standard InChI is InChI=1S/C19H22N4O4/c1-2-14-11-20-19(21-12-14)27-16-7-5-9-22(13-16)18(24)10-15-6-3-4-8-17(15)23(25)26/h3-4,6,8,11-12,16H,2,5,7,9-10,13H2,1H3. The van der Waals surface area contributed by atoms with Crippen LogP contribution in [0.2, 0.25) is 0 Å². The summed E-state index contributed by atoms with van der Waals surface area (Å²) in [7, 11) is 0. The fourth-order valence-corrected chi connectivity index (χ4v) is 3.11. The SMILES string of the molecule is CCc1cnc(OC2CCCN(C(=O)Cc3ccccc3[N+](=O)[O-])C2)nc1. The molecule has 1 aromatic carbocycles. The summed E-state index contributed by atoms with van der Waals surface area (Å²) >= 11 is 0. The number of piperidine rings is 1. The van der Waals surface area contributed by atoms with E-state index in [1.165, 1.54) is 6.07 Å². The minimum atomic E-state index is -0.456. The fraction of sp³-hybridized carbons (Fsp3) is 0.421. The summed E-state index contributed by atoms with van der Waals surface area (Å²) in [6.45, 7) is 3.08. The van der Waals surface area contributed by atoms with Crippen molar-refractivity contribution in [2.24, 2.45) is 0 Å². The van der Waals surface area contributed by atoms with Crippen molar-refractivity contribution in [3.63, 3.8) is 0 Å². The molecule has 0 radical (unpaired) electrons. The highest BCUT2D eigenvalue weighted by Gasteiger charge is 2.27. The lowest BCUT2D eigenvalue weighted by Gasteiger charge is -2.32. The highest BCUT2D eigenvalue weighted by atomic mass is 16.6. The normalized spacial score (nSPS) is 16.8. The van der Waals surface area contributed by atoms with Gasteiger partial charge in [0.25, 0.3) is 5.69 Å². The second-order valence-electron chi connectivity index (χ2n) is 6.51. The van der Waals surface area contributed by atoms with Gasteiger partial charge in [0.05, 0.1) is 17.9 Å². The van der Waals surface area contributed by atoms with E-state index in [1.807, 2.05) is 6.92 Å². The van der Waals surface area contributed by atoms with Crippen molar-refractivity contribution in [1.82, 2.24) is 14.9 Å². The highest BCUT2D eigenvalue weighted by Crippen LogP contribution is 2.21. The summed E-state index contributed by atoms with van der Waals surface area (Å²) in [6.07, 6.45) is 5.78. The molecular formula is C19H22N4O4. The van der Waals surface area contributed by atoms with Gasteiger partial charge >= 0.3 is 6.01 Å². The zero-order valence-electron chi connectivity index (χ0n) is 15.2. The van der Waals surface area contributed by atoms with Crippen molar-refractivity contribution < 1.29 is 14.5 Å². The van der Waals surface area contributed by atoms with Crippen LogP contribution in [-0.4, -0.2) is 44.9 Å². The number of amides is 1. The third kappa shape index (κ3) is 4.78. The molecule has 0 spiro atoms. The Bertz CT molecular complexity index is 810. The Labute approximate surface area is 157 Å². The molecule has 8 nitrogen and oxygen atoms in total. The number of aryl methyl sites for hydroxylation is 1. The first-order chi connectivity index (χ1) is 13.1. The van der Waals surface area contributed by atoms with Gasteiger partial charge in [-0.2, -0.15) is 0 Å². The number of hydrogen-bond donors (Lipinski definition) is 0. The van der Waals surface area contributed by atoms with Gasteiger partial charge in [-0.25, -0.2) is 9.97 Å². The van der Waals surface area contributed by atoms with Gasteiger partial charge in [-0.1, -0.05) is 25.1 Å². The Balaban J connectivity index is 1.61. The molecule has 2 heterocycles. The van der Waals surface area contributed by atoms with Gasteiger partial charge in [-0.15, -0.1) is 0 Å². The third-order valence-electron chi connectivity index (χ3n) is 4.62. The zero-order chi connectivity index (χ0) is 19.2. The van der Waals surface area contributed by atoms with Gasteiger partial charge in [0.1, 0.15) is 6.10 Å². The van der Waals surface area contributed by atoms with Crippen LogP contribution < -0.4 is 4.74 Å². The van der Waals surface area contributed by atoms with Gasteiger partial charge in [0, 0.05) is 30.6 Å². The molecule has 3 rings (SSSR count). The molecule has 1 saturated heterocycles. The van der Waals surface area contributed by atoms with Crippen molar-refractivity contribution in [1.29, 1.82) is 0 Å². The predicted molar refractivity (Wildman–Crippen MR) is 98.4 cm³/mol. The van der Waals surface area contributed by atoms with Crippen LogP contribution in [-0.2, 0) is 17.6 Å². The van der Waals surface area contributed by atoms with Crippen LogP contribution in [0, 0.1) is 10.1 Å². The van der Waals surface area contributed by atoms with Gasteiger partial charge < -0.3 is 9.64 Å². The first-order valence-corrected chi connectivity index (χ1v) is 9.04. The number of carbonyl (C=O) groups is 1. The molecule has 0 bridgehead atoms. The first-order valence-electron chi connectivity index (χ1n) is 9.04. The molecule has 0 N–H and O–H groups in total. The number of carbonyl (C=O) groups excluding carboxylic acids is 1. The van der Waals surface area contributed by atoms with Crippen LogP contribution in [0.3, 0.4) is 0 Å². The highest BCUT2D eigenvalue weighted by molar-refractivity contribution is 5.80. The summed E-state index contributed by atoms with van der Waals surface area (Å²) in [5, 5.41) is 11.1. The van der Waals surface area contributed by atoms with E-state index in [1.54, 1.807) is 35.5 Å². The van der Waals surface area contributed by atoms with Crippen molar-refractivity contribution in [2.75, 3.05) is 13.1 Å². The molecule has 8 heteroatoms. The van der Waals surface area contributed by atoms with Crippen LogP contribution in [0.5, 0.6) is 6.01 Å². The number of nitrogens with zero attached hydrogens (tertiary/aromatic N) is 4. The van der Waals surface area contributed by atoms with Crippen LogP contribution in [0.25, 0.3) is 0 Å². The van der Waals surface area contributed by atoms with Crippen molar-refractivity contribution in [3.05, 3.63) is 57.9 Å². The average Bonchev–Trinajstić information content (AvgIpc) is 2.69. The van der Waals surface area contributed by atoms with E-state index in [-0.39, 0.29) is 24.1 Å². The molecule has 1 aliphatic heterocycles. The second-order valence-corrected chi connectivity index (χ2v) is 6.51. The number of ether oxygens (including phenoxy) is 1. The molecule has 1 amide bonds. The molecule has 1 unspecified atom stereocenters. The maximum absolute atomic E-state index is 12.6. The number of nitro benzene ring substituents is 1. The number of nitro groups is 1. The lowest BCUT2D eigenvalue weighted by molar-refractivity contribution is -0.385. The summed E-state index contributed by atoms with van der Waals surface area (Å²) in [5.74, 6) is -0.139. The summed E-state index contributed by atoms with van der Waals surface area (Å²) in [6, 6.07) is 6.65. The van der Waals surface area contributed by atoms with Gasteiger partial charge in [-0.3, -0.25) is 14.9 Å². The molecule has 142 valence electrons. The first kappa shape index (κ1) is 18.8. The minimum Gasteiger partial charge on any atom is -0.458 e. The van der Waals surface area contributed by atoms with Crippen molar-refractivity contribution >= 4 is 11.6 Å². The Hall–Kier alpha value is -3.03. The summed E-state index contributed by atoms with van der Waals surface area (Å²) in [5.41, 5.74) is 1.43. The average molecular weight is 370 g/mol. The quantitative estimate of drug-likeness (QED) is 0.572. The largest absolute Gasteiger partial charge is 0.458 e. The number of rotatable bonds is 6. The monoisotopic (exact) mass is 370 g/mol. The number of benzene rings is 1. The maximum Gasteiger partial charge on any atom is 0.316 e. The minimum absolute atomic E-state index is 0.00553. The van der Waals surface area contributed by atoms with E-state index in [2.05, 4.69) is 9.97 Å². The topological polar surface area (TPSA) is 98.5 Å². The van der Waals surface area contributed by atoms with Gasteiger partial charge in [0.2, 0.25) is 5.91 Å². The molecule has 0 saturated carbocycles. The van der Waals surface area contributed by atoms with Crippen LogP contribution in [0.1, 0.15) is 30.9 Å². The van der Waals surface area contributed by atoms with Crippen molar-refractivity contribution in [3.8, 4) is 6.01 Å². The number of aromatic nitrogens is 2. The van der Waals surface area contributed by atoms with Gasteiger partial charge in [0.15, 0.2) is 0 Å². The smallest absolute Gasteiger partial charge is 0.316 e. The third-order valence-corrected chi connectivity index (χ3v) is 4.62. The number of hydrogen-bond acceptors (Lipinski definition) is 6. The van der Waals surface area contributed by atoms with E-state index in [4.69, 9.17) is 4.74 Å². The molecule has 1 fully saturated rings. The molecule has 1 aliphatic rings. The molecular weight excluding hydrogens is 348 g/mol. The maximum atomic E-state index is 12.6. The lowest BCUT2D eigenvalue weighted by atomic mass is 10.1. The van der Waals surface area contributed by atoms with E-state index in [9.17, 15) is 14.9 Å². The van der Waals surface area contributed by atoms with E-state index >= 15 is 0 Å². The molecule has 1 aromatic heterocycles. The molecule has 0 aliphatic carbocycles. The predicted octanol–water partition coefficient (Wildman–Crippen LogP) is 2.56. The number of likely N-dealkylation sites (tertiary alicyclic amines) is 1. The van der Waals surface area contributed by atoms with E-state index in [0.717, 1.165) is 24.8 Å². The summed E-state index contributed by atoms with van der Waals surface area (Å²) in [4.78, 5) is 33.4. The van der Waals surface area contributed by atoms with Gasteiger partial charge in [-0.05, 0) is 24.8 Å². The Morgan fingerprint density at radius 2 is 2.07 bits per heavy atom. The molecule has 27 heavy (non-hydrogen) atoms. The fourth-order valence-electron chi connectivity index (χ4n) is 3.11. The second kappa shape index (κ2) is 8.57. The van der Waals surface area contributed by atoms with Crippen molar-refractivity contribution in [2.45, 2.75) is 38.7 Å². The lowest BCUT2D eigenvalue weighted by Crippen LogP contribution is -2.45. The molecule has 1 atom stereocenters. The number of para-hydroxylation sites is 1. The van der Waals surface area contributed by atoms with E-state index < -0.39 is 4.92 Å². The Morgan fingerprint density at radius 1 is 1.33 bits per heavy atom. The zero-order valence-corrected chi connectivity index (χ0v) is 15.2. The molecule has 2 aromatic rings. The van der Waals surface area contributed by atoms with Crippen LogP contribution >= 0.6 is 0 Å². The Morgan fingerprint density at radius 3 is 2.78 bits per heavy atom. The Kier molecular flexibility index (Phi) is 5.95. The van der Waals surface area contributed by atoms with Crippen LogP contribution in [0.15, 0.2) is 36.7 Å². The summed E-state index contributed by atoms with van der Waals surface area (Å²) < 4.78 is 5.82. The van der Waals surface area contributed by atoms with Crippen LogP contribution in [0.4, 0.5) is 5.69 Å². The van der Waals surface area contributed by atoms with E-state index in [0.29, 0.717) is 24.7 Å².